The van der Waals surface area contributed by atoms with E-state index >= 15 is 0 Å². The number of imide groups is 1. The predicted octanol–water partition coefficient (Wildman–Crippen LogP) is 1.81. The van der Waals surface area contributed by atoms with Gasteiger partial charge in [0.25, 0.3) is 0 Å². The van der Waals surface area contributed by atoms with Crippen molar-refractivity contribution < 1.29 is 14.7 Å². The minimum absolute atomic E-state index is 0.0474. The molecule has 1 N–H and O–H groups in total. The van der Waals surface area contributed by atoms with Gasteiger partial charge in [-0.1, -0.05) is 27.2 Å². The summed E-state index contributed by atoms with van der Waals surface area (Å²) in [5.41, 5.74) is 0. The lowest BCUT2D eigenvalue weighted by molar-refractivity contribution is -0.142. The molecule has 1 saturated heterocycles. The summed E-state index contributed by atoms with van der Waals surface area (Å²) < 4.78 is 0. The van der Waals surface area contributed by atoms with Crippen molar-refractivity contribution in [1.29, 1.82) is 0 Å². The van der Waals surface area contributed by atoms with Crippen LogP contribution in [0.15, 0.2) is 0 Å². The molecular formula is C15H25NO3. The van der Waals surface area contributed by atoms with Crippen LogP contribution >= 0.6 is 0 Å². The van der Waals surface area contributed by atoms with Gasteiger partial charge in [0.05, 0.1) is 24.5 Å². The van der Waals surface area contributed by atoms with E-state index in [-0.39, 0.29) is 30.2 Å². The van der Waals surface area contributed by atoms with Crippen LogP contribution < -0.4 is 0 Å². The molecule has 0 aromatic carbocycles. The summed E-state index contributed by atoms with van der Waals surface area (Å²) in [4.78, 5) is 25.9. The molecular weight excluding hydrogens is 242 g/mol. The van der Waals surface area contributed by atoms with Crippen LogP contribution in [0, 0.1) is 23.7 Å². The summed E-state index contributed by atoms with van der Waals surface area (Å²) in [5, 5.41) is 9.93. The molecule has 108 valence electrons. The van der Waals surface area contributed by atoms with Crippen molar-refractivity contribution in [3.8, 4) is 0 Å². The van der Waals surface area contributed by atoms with E-state index in [1.54, 1.807) is 0 Å². The molecule has 4 nitrogen and oxygen atoms in total. The van der Waals surface area contributed by atoms with Crippen molar-refractivity contribution in [2.75, 3.05) is 6.54 Å². The monoisotopic (exact) mass is 267 g/mol. The topological polar surface area (TPSA) is 57.6 Å². The SMILES string of the molecule is CCC1CC2C(=O)N(CC(O)CC(C)C)C(=O)C2C1. The summed E-state index contributed by atoms with van der Waals surface area (Å²) in [5.74, 6) is 0.576. The molecule has 2 fully saturated rings. The Morgan fingerprint density at radius 2 is 1.74 bits per heavy atom. The van der Waals surface area contributed by atoms with E-state index in [0.29, 0.717) is 18.3 Å². The number of hydrogen-bond donors (Lipinski definition) is 1. The second-order valence-corrected chi connectivity index (χ2v) is 6.53. The zero-order valence-corrected chi connectivity index (χ0v) is 12.1. The molecule has 1 heterocycles. The average Bonchev–Trinajstić information content (AvgIpc) is 2.84. The van der Waals surface area contributed by atoms with Crippen molar-refractivity contribution in [2.45, 2.75) is 52.6 Å². The Morgan fingerprint density at radius 3 is 2.16 bits per heavy atom. The highest BCUT2D eigenvalue weighted by molar-refractivity contribution is 6.05. The van der Waals surface area contributed by atoms with Crippen molar-refractivity contribution in [3.63, 3.8) is 0 Å². The van der Waals surface area contributed by atoms with Crippen molar-refractivity contribution in [2.24, 2.45) is 23.7 Å². The van der Waals surface area contributed by atoms with Crippen LogP contribution in [-0.4, -0.2) is 34.5 Å². The zero-order chi connectivity index (χ0) is 14.2. The number of aliphatic hydroxyl groups is 1. The Hall–Kier alpha value is -0.900. The number of fused-ring (bicyclic) bond motifs is 1. The largest absolute Gasteiger partial charge is 0.391 e. The maximum absolute atomic E-state index is 12.3. The minimum atomic E-state index is -0.589. The molecule has 2 rings (SSSR count). The molecule has 0 aromatic heterocycles. The van der Waals surface area contributed by atoms with Gasteiger partial charge in [-0.25, -0.2) is 0 Å². The van der Waals surface area contributed by atoms with E-state index < -0.39 is 6.10 Å². The van der Waals surface area contributed by atoms with Crippen LogP contribution in [-0.2, 0) is 9.59 Å². The van der Waals surface area contributed by atoms with Crippen LogP contribution in [0.1, 0.15) is 46.5 Å². The number of likely N-dealkylation sites (tertiary alicyclic amines) is 1. The van der Waals surface area contributed by atoms with Crippen LogP contribution in [0.2, 0.25) is 0 Å². The molecule has 1 aliphatic carbocycles. The molecule has 0 aromatic rings. The highest BCUT2D eigenvalue weighted by Crippen LogP contribution is 2.44. The van der Waals surface area contributed by atoms with Crippen molar-refractivity contribution >= 4 is 11.8 Å². The highest BCUT2D eigenvalue weighted by atomic mass is 16.3. The number of carbonyl (C=O) groups excluding carboxylic acids is 2. The summed E-state index contributed by atoms with van der Waals surface area (Å²) >= 11 is 0. The minimum Gasteiger partial charge on any atom is -0.391 e. The third-order valence-electron chi connectivity index (χ3n) is 4.54. The van der Waals surface area contributed by atoms with Crippen LogP contribution in [0.25, 0.3) is 0 Å². The first-order valence-corrected chi connectivity index (χ1v) is 7.47. The Labute approximate surface area is 115 Å². The molecule has 2 amide bonds. The van der Waals surface area contributed by atoms with Crippen LogP contribution in [0.5, 0.6) is 0 Å². The second-order valence-electron chi connectivity index (χ2n) is 6.53. The van der Waals surface area contributed by atoms with E-state index in [4.69, 9.17) is 0 Å². The molecule has 4 heteroatoms. The third-order valence-corrected chi connectivity index (χ3v) is 4.54. The van der Waals surface area contributed by atoms with Gasteiger partial charge in [0.2, 0.25) is 11.8 Å². The zero-order valence-electron chi connectivity index (χ0n) is 12.1. The number of carbonyl (C=O) groups is 2. The Bertz CT molecular complexity index is 342. The summed E-state index contributed by atoms with van der Waals surface area (Å²) in [7, 11) is 0. The molecule has 0 bridgehead atoms. The summed E-state index contributed by atoms with van der Waals surface area (Å²) in [6.45, 7) is 6.35. The first-order valence-electron chi connectivity index (χ1n) is 7.47. The van der Waals surface area contributed by atoms with Gasteiger partial charge in [-0.15, -0.1) is 0 Å². The molecule has 0 radical (unpaired) electrons. The maximum Gasteiger partial charge on any atom is 0.233 e. The molecule has 1 saturated carbocycles. The Morgan fingerprint density at radius 1 is 1.21 bits per heavy atom. The number of rotatable bonds is 5. The van der Waals surface area contributed by atoms with Crippen LogP contribution in [0.3, 0.4) is 0 Å². The van der Waals surface area contributed by atoms with Gasteiger partial charge in [0.1, 0.15) is 0 Å². The third kappa shape index (κ3) is 2.83. The lowest BCUT2D eigenvalue weighted by Gasteiger charge is -2.21. The molecule has 3 atom stereocenters. The van der Waals surface area contributed by atoms with Gasteiger partial charge in [0.15, 0.2) is 0 Å². The number of hydrogen-bond acceptors (Lipinski definition) is 3. The Kier molecular flexibility index (Phi) is 4.29. The van der Waals surface area contributed by atoms with Gasteiger partial charge < -0.3 is 5.11 Å². The average molecular weight is 267 g/mol. The Balaban J connectivity index is 1.98. The molecule has 19 heavy (non-hydrogen) atoms. The van der Waals surface area contributed by atoms with E-state index in [1.165, 1.54) is 4.90 Å². The van der Waals surface area contributed by atoms with Gasteiger partial charge in [-0.05, 0) is 31.1 Å². The lowest BCUT2D eigenvalue weighted by atomic mass is 10.00. The maximum atomic E-state index is 12.3. The van der Waals surface area contributed by atoms with Crippen molar-refractivity contribution in [3.05, 3.63) is 0 Å². The fourth-order valence-electron chi connectivity index (χ4n) is 3.54. The fourth-order valence-corrected chi connectivity index (χ4v) is 3.54. The van der Waals surface area contributed by atoms with Crippen LogP contribution in [0.4, 0.5) is 0 Å². The highest BCUT2D eigenvalue weighted by Gasteiger charge is 2.52. The standard InChI is InChI=1S/C15H25NO3/c1-4-10-6-12-13(7-10)15(19)16(14(12)18)8-11(17)5-9(2)3/h9-13,17H,4-8H2,1-3H3. The van der Waals surface area contributed by atoms with Gasteiger partial charge in [0, 0.05) is 0 Å². The van der Waals surface area contributed by atoms with Gasteiger partial charge in [-0.3, -0.25) is 14.5 Å². The van der Waals surface area contributed by atoms with E-state index in [1.807, 2.05) is 13.8 Å². The molecule has 0 spiro atoms. The predicted molar refractivity (Wildman–Crippen MR) is 72.2 cm³/mol. The summed E-state index contributed by atoms with van der Waals surface area (Å²) in [6, 6.07) is 0. The number of β-amino-alcohol motifs (C(OH)–C–C–N with tert-alkyl or cyclic N) is 1. The second kappa shape index (κ2) is 5.61. The first kappa shape index (κ1) is 14.5. The number of aliphatic hydroxyl groups excluding tert-OH is 1. The molecule has 1 aliphatic heterocycles. The van der Waals surface area contributed by atoms with E-state index in [9.17, 15) is 14.7 Å². The summed E-state index contributed by atoms with van der Waals surface area (Å²) in [6.07, 6.45) is 2.78. The molecule has 2 aliphatic rings. The van der Waals surface area contributed by atoms with E-state index in [0.717, 1.165) is 19.3 Å². The molecule has 3 unspecified atom stereocenters. The van der Waals surface area contributed by atoms with E-state index in [2.05, 4.69) is 6.92 Å². The smallest absolute Gasteiger partial charge is 0.233 e. The van der Waals surface area contributed by atoms with Gasteiger partial charge in [-0.2, -0.15) is 0 Å². The quantitative estimate of drug-likeness (QED) is 0.773. The van der Waals surface area contributed by atoms with Gasteiger partial charge >= 0.3 is 0 Å². The van der Waals surface area contributed by atoms with Crippen molar-refractivity contribution in [1.82, 2.24) is 4.90 Å². The number of amides is 2. The fraction of sp³-hybridized carbons (Fsp3) is 0.867. The first-order chi connectivity index (χ1) is 8.93. The lowest BCUT2D eigenvalue weighted by Crippen LogP contribution is -2.39. The normalized spacial score (nSPS) is 32.3. The number of nitrogens with zero attached hydrogens (tertiary/aromatic N) is 1.